The Kier molecular flexibility index (Phi) is 4.15. The van der Waals surface area contributed by atoms with E-state index in [1.807, 2.05) is 26.8 Å². The molecule has 96 valence electrons. The molecule has 1 saturated heterocycles. The van der Waals surface area contributed by atoms with Crippen LogP contribution in [0.1, 0.15) is 20.8 Å². The number of ether oxygens (including phenoxy) is 2. The number of allylic oxidation sites excluding steroid dienone is 1. The van der Waals surface area contributed by atoms with Gasteiger partial charge in [-0.05, 0) is 5.41 Å². The normalized spacial score (nSPS) is 17.1. The van der Waals surface area contributed by atoms with Crippen LogP contribution in [0.4, 0.5) is 4.79 Å². The molecule has 0 aromatic rings. The molecular formula is C12H19NO4. The smallest absolute Gasteiger partial charge is 0.410 e. The Morgan fingerprint density at radius 3 is 2.59 bits per heavy atom. The molecular weight excluding hydrogens is 222 g/mol. The van der Waals surface area contributed by atoms with E-state index in [1.165, 1.54) is 12.0 Å². The standard InChI is InChI=1S/C12H19NO4/c1-12(2,3)7-9(10(14)16-4)8-13-5-6-17-11(13)15/h7H,5-6,8H2,1-4H3/b9-7+. The van der Waals surface area contributed by atoms with Crippen LogP contribution in [0.25, 0.3) is 0 Å². The van der Waals surface area contributed by atoms with E-state index in [0.717, 1.165) is 0 Å². The summed E-state index contributed by atoms with van der Waals surface area (Å²) in [6.45, 7) is 7.08. The number of methoxy groups -OCH3 is 1. The lowest BCUT2D eigenvalue weighted by Gasteiger charge is -2.18. The monoisotopic (exact) mass is 241 g/mol. The topological polar surface area (TPSA) is 55.8 Å². The fourth-order valence-corrected chi connectivity index (χ4v) is 1.60. The average molecular weight is 241 g/mol. The average Bonchev–Trinajstić information content (AvgIpc) is 2.60. The fraction of sp³-hybridized carbons (Fsp3) is 0.667. The maximum absolute atomic E-state index is 11.6. The molecule has 1 heterocycles. The van der Waals surface area contributed by atoms with Gasteiger partial charge in [-0.15, -0.1) is 0 Å². The Bertz CT molecular complexity index is 341. The van der Waals surface area contributed by atoms with Crippen molar-refractivity contribution in [2.75, 3.05) is 26.8 Å². The van der Waals surface area contributed by atoms with Gasteiger partial charge in [0.15, 0.2) is 0 Å². The number of hydrogen-bond acceptors (Lipinski definition) is 4. The van der Waals surface area contributed by atoms with Gasteiger partial charge >= 0.3 is 12.1 Å². The molecule has 17 heavy (non-hydrogen) atoms. The summed E-state index contributed by atoms with van der Waals surface area (Å²) in [5, 5.41) is 0. The lowest BCUT2D eigenvalue weighted by molar-refractivity contribution is -0.136. The van der Waals surface area contributed by atoms with Crippen molar-refractivity contribution in [1.29, 1.82) is 0 Å². The van der Waals surface area contributed by atoms with Crippen LogP contribution in [-0.4, -0.2) is 43.8 Å². The van der Waals surface area contributed by atoms with Crippen molar-refractivity contribution in [1.82, 2.24) is 4.90 Å². The predicted molar refractivity (Wildman–Crippen MR) is 62.5 cm³/mol. The highest BCUT2D eigenvalue weighted by Gasteiger charge is 2.26. The van der Waals surface area contributed by atoms with Crippen molar-refractivity contribution < 1.29 is 19.1 Å². The zero-order chi connectivity index (χ0) is 13.1. The van der Waals surface area contributed by atoms with Crippen LogP contribution in [-0.2, 0) is 14.3 Å². The van der Waals surface area contributed by atoms with Crippen molar-refractivity contribution in [2.45, 2.75) is 20.8 Å². The van der Waals surface area contributed by atoms with E-state index in [1.54, 1.807) is 0 Å². The van der Waals surface area contributed by atoms with E-state index in [9.17, 15) is 9.59 Å². The van der Waals surface area contributed by atoms with Gasteiger partial charge in [0.2, 0.25) is 0 Å². The molecule has 0 N–H and O–H groups in total. The minimum Gasteiger partial charge on any atom is -0.466 e. The first-order valence-electron chi connectivity index (χ1n) is 5.55. The second-order valence-electron chi connectivity index (χ2n) is 5.06. The van der Waals surface area contributed by atoms with Crippen LogP contribution >= 0.6 is 0 Å². The van der Waals surface area contributed by atoms with Crippen LogP contribution in [0.5, 0.6) is 0 Å². The first kappa shape index (κ1) is 13.5. The Morgan fingerprint density at radius 1 is 1.53 bits per heavy atom. The van der Waals surface area contributed by atoms with Gasteiger partial charge in [-0.3, -0.25) is 0 Å². The molecule has 1 aliphatic rings. The number of carbonyl (C=O) groups excluding carboxylic acids is 2. The van der Waals surface area contributed by atoms with E-state index in [2.05, 4.69) is 0 Å². The first-order chi connectivity index (χ1) is 7.83. The van der Waals surface area contributed by atoms with Gasteiger partial charge in [0, 0.05) is 0 Å². The molecule has 0 saturated carbocycles. The lowest BCUT2D eigenvalue weighted by atomic mass is 9.93. The van der Waals surface area contributed by atoms with Crippen LogP contribution in [0.3, 0.4) is 0 Å². The molecule has 0 spiro atoms. The molecule has 1 amide bonds. The van der Waals surface area contributed by atoms with Gasteiger partial charge in [0.05, 0.1) is 25.8 Å². The molecule has 1 aliphatic heterocycles. The molecule has 0 unspecified atom stereocenters. The van der Waals surface area contributed by atoms with Gasteiger partial charge in [-0.1, -0.05) is 26.8 Å². The Hall–Kier alpha value is -1.52. The van der Waals surface area contributed by atoms with E-state index >= 15 is 0 Å². The summed E-state index contributed by atoms with van der Waals surface area (Å²) in [4.78, 5) is 24.4. The summed E-state index contributed by atoms with van der Waals surface area (Å²) < 4.78 is 9.54. The van der Waals surface area contributed by atoms with Crippen LogP contribution in [0, 0.1) is 5.41 Å². The van der Waals surface area contributed by atoms with E-state index in [0.29, 0.717) is 18.7 Å². The third-order valence-corrected chi connectivity index (χ3v) is 2.26. The van der Waals surface area contributed by atoms with Crippen molar-refractivity contribution in [3.05, 3.63) is 11.6 Å². The third-order valence-electron chi connectivity index (χ3n) is 2.26. The number of cyclic esters (lactones) is 1. The molecule has 0 aliphatic carbocycles. The number of amides is 1. The largest absolute Gasteiger partial charge is 0.466 e. The Morgan fingerprint density at radius 2 is 2.18 bits per heavy atom. The number of hydrogen-bond donors (Lipinski definition) is 0. The SMILES string of the molecule is COC(=O)/C(=C/C(C)(C)C)CN1CCOC1=O. The summed E-state index contributed by atoms with van der Waals surface area (Å²) in [5.74, 6) is -0.403. The summed E-state index contributed by atoms with van der Waals surface area (Å²) in [7, 11) is 1.33. The van der Waals surface area contributed by atoms with Gasteiger partial charge in [0.25, 0.3) is 0 Å². The number of carbonyl (C=O) groups is 2. The van der Waals surface area contributed by atoms with Crippen LogP contribution in [0.2, 0.25) is 0 Å². The van der Waals surface area contributed by atoms with E-state index < -0.39 is 5.97 Å². The summed E-state index contributed by atoms with van der Waals surface area (Å²) >= 11 is 0. The third kappa shape index (κ3) is 4.09. The Labute approximate surface area is 101 Å². The minimum atomic E-state index is -0.403. The van der Waals surface area contributed by atoms with E-state index in [-0.39, 0.29) is 18.1 Å². The highest BCUT2D eigenvalue weighted by molar-refractivity contribution is 5.89. The molecule has 1 rings (SSSR count). The zero-order valence-corrected chi connectivity index (χ0v) is 10.8. The van der Waals surface area contributed by atoms with E-state index in [4.69, 9.17) is 9.47 Å². The van der Waals surface area contributed by atoms with Gasteiger partial charge < -0.3 is 14.4 Å². The molecule has 0 atom stereocenters. The quantitative estimate of drug-likeness (QED) is 0.556. The molecule has 5 heteroatoms. The number of nitrogens with zero attached hydrogens (tertiary/aromatic N) is 1. The van der Waals surface area contributed by atoms with Gasteiger partial charge in [0.1, 0.15) is 6.61 Å². The first-order valence-corrected chi connectivity index (χ1v) is 5.55. The molecule has 0 bridgehead atoms. The molecule has 0 aromatic heterocycles. The molecule has 1 fully saturated rings. The van der Waals surface area contributed by atoms with Crippen LogP contribution in [0.15, 0.2) is 11.6 Å². The molecule has 5 nitrogen and oxygen atoms in total. The van der Waals surface area contributed by atoms with Crippen molar-refractivity contribution in [3.63, 3.8) is 0 Å². The lowest BCUT2D eigenvalue weighted by Crippen LogP contribution is -2.30. The van der Waals surface area contributed by atoms with Crippen molar-refractivity contribution in [2.24, 2.45) is 5.41 Å². The maximum Gasteiger partial charge on any atom is 0.410 e. The zero-order valence-electron chi connectivity index (χ0n) is 10.8. The highest BCUT2D eigenvalue weighted by atomic mass is 16.6. The summed E-state index contributed by atoms with van der Waals surface area (Å²) in [6.07, 6.45) is 1.44. The van der Waals surface area contributed by atoms with Gasteiger partial charge in [-0.25, -0.2) is 9.59 Å². The van der Waals surface area contributed by atoms with Crippen LogP contribution < -0.4 is 0 Å². The minimum absolute atomic E-state index is 0.146. The van der Waals surface area contributed by atoms with Gasteiger partial charge in [-0.2, -0.15) is 0 Å². The Balaban J connectivity index is 2.81. The number of esters is 1. The molecule has 0 radical (unpaired) electrons. The number of rotatable bonds is 3. The molecule has 0 aromatic carbocycles. The summed E-state index contributed by atoms with van der Waals surface area (Å²) in [5.41, 5.74) is 0.339. The van der Waals surface area contributed by atoms with Crippen molar-refractivity contribution in [3.8, 4) is 0 Å². The fourth-order valence-electron chi connectivity index (χ4n) is 1.60. The summed E-state index contributed by atoms with van der Waals surface area (Å²) in [6, 6.07) is 0. The maximum atomic E-state index is 11.6. The second kappa shape index (κ2) is 5.21. The van der Waals surface area contributed by atoms with Crippen molar-refractivity contribution >= 4 is 12.1 Å². The second-order valence-corrected chi connectivity index (χ2v) is 5.06. The highest BCUT2D eigenvalue weighted by Crippen LogP contribution is 2.19. The predicted octanol–water partition coefficient (Wildman–Crippen LogP) is 1.58.